The van der Waals surface area contributed by atoms with Crippen molar-refractivity contribution in [2.75, 3.05) is 0 Å². The summed E-state index contributed by atoms with van der Waals surface area (Å²) in [5.41, 5.74) is 4.85. The Kier molecular flexibility index (Phi) is 7.01. The molecule has 7 atom stereocenters. The summed E-state index contributed by atoms with van der Waals surface area (Å²) in [6, 6.07) is 0. The number of hydrogen-bond donors (Lipinski definition) is 0. The van der Waals surface area contributed by atoms with Gasteiger partial charge >= 0.3 is 5.97 Å². The third-order valence-electron chi connectivity index (χ3n) is 14.7. The molecular weight excluding hydrogens is 532 g/mol. The molecule has 236 valence electrons. The Morgan fingerprint density at radius 1 is 0.860 bits per heavy atom. The summed E-state index contributed by atoms with van der Waals surface area (Å²) in [5, 5.41) is 0. The van der Waals surface area contributed by atoms with Crippen molar-refractivity contribution >= 4 is 11.8 Å². The summed E-state index contributed by atoms with van der Waals surface area (Å²) in [4.78, 5) is 36.8. The lowest BCUT2D eigenvalue weighted by molar-refractivity contribution is -0.191. The van der Waals surface area contributed by atoms with Crippen molar-refractivity contribution < 1.29 is 14.3 Å². The minimum Gasteiger partial charge on any atom is -0.459 e. The Labute approximate surface area is 260 Å². The number of carbonyl (C=O) groups excluding carboxylic acids is 2. The van der Waals surface area contributed by atoms with Gasteiger partial charge in [-0.15, -0.1) is 0 Å². The van der Waals surface area contributed by atoms with Gasteiger partial charge in [-0.25, -0.2) is 0 Å². The molecule has 0 radical (unpaired) electrons. The molecule has 5 aliphatic rings. The number of esters is 1. The number of fused-ring (bicyclic) bond motifs is 7. The molecule has 5 heteroatoms. The summed E-state index contributed by atoms with van der Waals surface area (Å²) < 4.78 is 6.24. The maximum absolute atomic E-state index is 14.4. The minimum atomic E-state index is -0.467. The third kappa shape index (κ3) is 4.28. The zero-order chi connectivity index (χ0) is 31.4. The van der Waals surface area contributed by atoms with Crippen LogP contribution in [0.3, 0.4) is 0 Å². The lowest BCUT2D eigenvalue weighted by Gasteiger charge is -2.70. The highest BCUT2D eigenvalue weighted by Gasteiger charge is 2.69. The average Bonchev–Trinajstić information content (AvgIpc) is 2.92. The lowest BCUT2D eigenvalue weighted by atomic mass is 9.33. The third-order valence-corrected chi connectivity index (χ3v) is 14.7. The van der Waals surface area contributed by atoms with Gasteiger partial charge in [0.2, 0.25) is 0 Å². The van der Waals surface area contributed by atoms with Crippen molar-refractivity contribution in [1.29, 1.82) is 0 Å². The van der Waals surface area contributed by atoms with Gasteiger partial charge in [0, 0.05) is 11.8 Å². The SMILES string of the molecule is Cc1nc(C)c(COC(=O)[C@]23CCC(C)(C)CC2C2=CCC4[C@@]5(C)CCC(=O)C(C)(C)C5CC[C@@]4(C)[C@]2(C)CC3)nc1C. The Bertz CT molecular complexity index is 1390. The number of allylic oxidation sites excluding steroid dienone is 2. The maximum Gasteiger partial charge on any atom is 0.313 e. The van der Waals surface area contributed by atoms with Crippen LogP contribution in [0.15, 0.2) is 11.6 Å². The van der Waals surface area contributed by atoms with Gasteiger partial charge < -0.3 is 4.74 Å². The van der Waals surface area contributed by atoms with Crippen LogP contribution in [0.4, 0.5) is 0 Å². The molecule has 4 saturated carbocycles. The van der Waals surface area contributed by atoms with Crippen molar-refractivity contribution in [3.8, 4) is 0 Å². The maximum atomic E-state index is 14.4. The van der Waals surface area contributed by atoms with E-state index in [1.807, 2.05) is 20.8 Å². The molecule has 1 aromatic rings. The van der Waals surface area contributed by atoms with Gasteiger partial charge in [0.1, 0.15) is 12.4 Å². The van der Waals surface area contributed by atoms with Gasteiger partial charge in [0.15, 0.2) is 0 Å². The van der Waals surface area contributed by atoms with Crippen molar-refractivity contribution in [2.24, 2.45) is 50.2 Å². The second-order valence-electron chi connectivity index (χ2n) is 17.5. The molecule has 5 aliphatic carbocycles. The summed E-state index contributed by atoms with van der Waals surface area (Å²) in [6.45, 7) is 23.0. The normalized spacial score (nSPS) is 41.2. The largest absolute Gasteiger partial charge is 0.459 e. The van der Waals surface area contributed by atoms with Crippen LogP contribution in [-0.4, -0.2) is 21.7 Å². The van der Waals surface area contributed by atoms with E-state index in [1.54, 1.807) is 5.57 Å². The molecule has 0 spiro atoms. The van der Waals surface area contributed by atoms with Gasteiger partial charge in [0.25, 0.3) is 0 Å². The first-order valence-corrected chi connectivity index (χ1v) is 17.1. The van der Waals surface area contributed by atoms with Crippen molar-refractivity contribution in [2.45, 2.75) is 140 Å². The fourth-order valence-corrected chi connectivity index (χ4v) is 11.6. The molecule has 4 fully saturated rings. The molecule has 0 bridgehead atoms. The number of ether oxygens (including phenoxy) is 1. The Morgan fingerprint density at radius 3 is 2.26 bits per heavy atom. The molecule has 3 unspecified atom stereocenters. The first-order chi connectivity index (χ1) is 19.9. The van der Waals surface area contributed by atoms with E-state index >= 15 is 0 Å². The van der Waals surface area contributed by atoms with E-state index in [0.717, 1.165) is 80.6 Å². The van der Waals surface area contributed by atoms with Crippen LogP contribution < -0.4 is 0 Å². The number of Topliss-reactive ketones (excluding diaryl/α,β-unsaturated/α-hetero) is 1. The van der Waals surface area contributed by atoms with E-state index in [0.29, 0.717) is 17.6 Å². The number of aromatic nitrogens is 2. The van der Waals surface area contributed by atoms with Crippen LogP contribution in [0.25, 0.3) is 0 Å². The predicted octanol–water partition coefficient (Wildman–Crippen LogP) is 8.82. The Hall–Kier alpha value is -2.04. The Morgan fingerprint density at radius 2 is 1.53 bits per heavy atom. The van der Waals surface area contributed by atoms with Crippen molar-refractivity contribution in [3.05, 3.63) is 34.4 Å². The number of ketones is 1. The van der Waals surface area contributed by atoms with E-state index in [-0.39, 0.29) is 45.6 Å². The second-order valence-corrected chi connectivity index (χ2v) is 17.5. The molecule has 0 aromatic carbocycles. The fraction of sp³-hybridized carbons (Fsp3) is 0.789. The van der Waals surface area contributed by atoms with Gasteiger partial charge in [0.05, 0.1) is 28.2 Å². The predicted molar refractivity (Wildman–Crippen MR) is 170 cm³/mol. The monoisotopic (exact) mass is 588 g/mol. The minimum absolute atomic E-state index is 0.0223. The zero-order valence-electron chi connectivity index (χ0n) is 28.7. The molecule has 5 nitrogen and oxygen atoms in total. The quantitative estimate of drug-likeness (QED) is 0.261. The number of nitrogens with zero attached hydrogens (tertiary/aromatic N) is 2. The fourth-order valence-electron chi connectivity index (χ4n) is 11.6. The van der Waals surface area contributed by atoms with E-state index in [9.17, 15) is 9.59 Å². The average molecular weight is 589 g/mol. The van der Waals surface area contributed by atoms with Crippen molar-refractivity contribution in [3.63, 3.8) is 0 Å². The first-order valence-electron chi connectivity index (χ1n) is 17.1. The van der Waals surface area contributed by atoms with Crippen LogP contribution >= 0.6 is 0 Å². The van der Waals surface area contributed by atoms with Crippen molar-refractivity contribution in [1.82, 2.24) is 9.97 Å². The highest BCUT2D eigenvalue weighted by Crippen LogP contribution is 2.75. The lowest BCUT2D eigenvalue weighted by Crippen LogP contribution is -2.64. The molecular formula is C38H56N2O3. The number of hydrogen-bond acceptors (Lipinski definition) is 5. The zero-order valence-corrected chi connectivity index (χ0v) is 28.7. The molecule has 0 amide bonds. The van der Waals surface area contributed by atoms with Crippen LogP contribution in [0, 0.1) is 71.0 Å². The molecule has 0 aliphatic heterocycles. The molecule has 0 saturated heterocycles. The standard InChI is InChI=1S/C38H56N2O3/c1-23-24(2)40-28(25(3)39-23)22-43-32(42)38-19-17-33(4,5)21-27(38)26-11-12-30-35(8)15-14-31(41)34(6,7)29(35)13-16-37(30,10)36(26,9)18-20-38/h11,27,29-30H,12-22H2,1-10H3/t27?,29?,30?,35-,36+,37+,38-/m0/s1. The van der Waals surface area contributed by atoms with Crippen LogP contribution in [0.5, 0.6) is 0 Å². The summed E-state index contributed by atoms with van der Waals surface area (Å²) >= 11 is 0. The molecule has 1 aromatic heterocycles. The molecule has 1 heterocycles. The van der Waals surface area contributed by atoms with E-state index in [1.165, 1.54) is 6.42 Å². The van der Waals surface area contributed by atoms with Gasteiger partial charge in [-0.3, -0.25) is 19.6 Å². The van der Waals surface area contributed by atoms with Crippen LogP contribution in [0.1, 0.15) is 135 Å². The van der Waals surface area contributed by atoms with E-state index in [2.05, 4.69) is 59.5 Å². The summed E-state index contributed by atoms with van der Waals surface area (Å²) in [7, 11) is 0. The van der Waals surface area contributed by atoms with E-state index < -0.39 is 5.41 Å². The highest BCUT2D eigenvalue weighted by molar-refractivity contribution is 5.85. The van der Waals surface area contributed by atoms with Gasteiger partial charge in [-0.05, 0) is 118 Å². The highest BCUT2D eigenvalue weighted by atomic mass is 16.5. The topological polar surface area (TPSA) is 69.2 Å². The molecule has 43 heavy (non-hydrogen) atoms. The number of aryl methyl sites for hydroxylation is 3. The summed E-state index contributed by atoms with van der Waals surface area (Å²) in [6.07, 6.45) is 12.6. The number of carbonyl (C=O) groups is 2. The number of rotatable bonds is 3. The Balaban J connectivity index is 1.35. The molecule has 0 N–H and O–H groups in total. The smallest absolute Gasteiger partial charge is 0.313 e. The van der Waals surface area contributed by atoms with Crippen LogP contribution in [-0.2, 0) is 20.9 Å². The van der Waals surface area contributed by atoms with Crippen LogP contribution in [0.2, 0.25) is 0 Å². The summed E-state index contributed by atoms with van der Waals surface area (Å²) in [5.74, 6) is 1.65. The van der Waals surface area contributed by atoms with Gasteiger partial charge in [-0.2, -0.15) is 0 Å². The first kappa shape index (κ1) is 31.0. The molecule has 6 rings (SSSR count). The van der Waals surface area contributed by atoms with E-state index in [4.69, 9.17) is 9.72 Å². The van der Waals surface area contributed by atoms with Gasteiger partial charge in [-0.1, -0.05) is 60.1 Å². The second kappa shape index (κ2) is 9.73.